The third-order valence-electron chi connectivity index (χ3n) is 6.14. The fraction of sp³-hybridized carbons (Fsp3) is 0.619. The summed E-state index contributed by atoms with van der Waals surface area (Å²) < 4.78 is 5.29. The molecule has 4 rings (SSSR count). The highest BCUT2D eigenvalue weighted by molar-refractivity contribution is 7.18. The van der Waals surface area contributed by atoms with Crippen molar-refractivity contribution < 1.29 is 14.3 Å². The van der Waals surface area contributed by atoms with E-state index >= 15 is 0 Å². The lowest BCUT2D eigenvalue weighted by molar-refractivity contribution is -0.153. The molecule has 0 aromatic carbocycles. The maximum atomic E-state index is 12.4. The molecule has 1 aliphatic heterocycles. The van der Waals surface area contributed by atoms with Crippen LogP contribution in [0.1, 0.15) is 49.0 Å². The van der Waals surface area contributed by atoms with E-state index in [0.29, 0.717) is 12.8 Å². The van der Waals surface area contributed by atoms with Crippen molar-refractivity contribution in [1.29, 1.82) is 0 Å². The number of amides is 1. The largest absolute Gasteiger partial charge is 0.455 e. The molecule has 3 heterocycles. The second kappa shape index (κ2) is 8.65. The molecule has 0 spiro atoms. The van der Waals surface area contributed by atoms with Crippen LogP contribution in [0.3, 0.4) is 0 Å². The zero-order valence-electron chi connectivity index (χ0n) is 17.1. The van der Waals surface area contributed by atoms with Crippen LogP contribution in [0.15, 0.2) is 6.33 Å². The molecule has 0 unspecified atom stereocenters. The minimum Gasteiger partial charge on any atom is -0.455 e. The van der Waals surface area contributed by atoms with Gasteiger partial charge in [0.1, 0.15) is 17.0 Å². The summed E-state index contributed by atoms with van der Waals surface area (Å²) in [6.45, 7) is 5.54. The molecule has 0 atom stereocenters. The Bertz CT molecular complexity index is 899. The van der Waals surface area contributed by atoms with Crippen molar-refractivity contribution in [2.24, 2.45) is 5.92 Å². The number of aryl methyl sites for hydroxylation is 2. The summed E-state index contributed by atoms with van der Waals surface area (Å²) in [5, 5.41) is 4.08. The monoisotopic (exact) mass is 416 g/mol. The predicted octanol–water partition coefficient (Wildman–Crippen LogP) is 3.13. The smallest absolute Gasteiger partial charge is 0.309 e. The third kappa shape index (κ3) is 4.37. The molecule has 1 N–H and O–H groups in total. The number of thiophene rings is 1. The van der Waals surface area contributed by atoms with E-state index in [4.69, 9.17) is 4.74 Å². The minimum absolute atomic E-state index is 0.159. The molecule has 2 aliphatic rings. The van der Waals surface area contributed by atoms with Gasteiger partial charge in [0.25, 0.3) is 5.91 Å². The van der Waals surface area contributed by atoms with Gasteiger partial charge in [-0.2, -0.15) is 0 Å². The molecular formula is C21H28N4O3S. The number of nitrogens with one attached hydrogen (secondary N) is 1. The van der Waals surface area contributed by atoms with Crippen molar-refractivity contribution in [2.75, 3.05) is 24.6 Å². The second-order valence-electron chi connectivity index (χ2n) is 8.08. The molecule has 1 saturated carbocycles. The number of rotatable bonds is 5. The number of aromatic nitrogens is 2. The van der Waals surface area contributed by atoms with E-state index in [1.807, 2.05) is 0 Å². The van der Waals surface area contributed by atoms with Crippen LogP contribution in [-0.4, -0.2) is 47.6 Å². The van der Waals surface area contributed by atoms with Crippen molar-refractivity contribution in [3.8, 4) is 0 Å². The van der Waals surface area contributed by atoms with Crippen LogP contribution in [0.2, 0.25) is 0 Å². The van der Waals surface area contributed by atoms with E-state index in [1.165, 1.54) is 10.4 Å². The number of piperidine rings is 1. The van der Waals surface area contributed by atoms with Crippen molar-refractivity contribution in [1.82, 2.24) is 15.3 Å². The second-order valence-corrected chi connectivity index (χ2v) is 9.28. The summed E-state index contributed by atoms with van der Waals surface area (Å²) in [6.07, 6.45) is 7.40. The van der Waals surface area contributed by atoms with E-state index in [2.05, 4.69) is 34.0 Å². The van der Waals surface area contributed by atoms with Crippen molar-refractivity contribution in [2.45, 2.75) is 58.4 Å². The Morgan fingerprint density at radius 3 is 2.62 bits per heavy atom. The van der Waals surface area contributed by atoms with Crippen molar-refractivity contribution in [3.05, 3.63) is 16.8 Å². The number of esters is 1. The van der Waals surface area contributed by atoms with E-state index < -0.39 is 0 Å². The molecule has 1 aliphatic carbocycles. The van der Waals surface area contributed by atoms with Gasteiger partial charge in [-0.3, -0.25) is 9.59 Å². The first-order chi connectivity index (χ1) is 14.0. The molecule has 2 fully saturated rings. The molecule has 2 aromatic heterocycles. The van der Waals surface area contributed by atoms with Gasteiger partial charge in [0.2, 0.25) is 0 Å². The average molecular weight is 417 g/mol. The zero-order valence-corrected chi connectivity index (χ0v) is 17.9. The summed E-state index contributed by atoms with van der Waals surface area (Å²) in [5.41, 5.74) is 1.23. The summed E-state index contributed by atoms with van der Waals surface area (Å²) in [5.74, 6) is 0.351. The summed E-state index contributed by atoms with van der Waals surface area (Å²) in [4.78, 5) is 37.8. The van der Waals surface area contributed by atoms with Crippen LogP contribution in [0, 0.1) is 19.8 Å². The molecule has 2 aromatic rings. The molecule has 29 heavy (non-hydrogen) atoms. The number of carbonyl (C=O) groups excluding carboxylic acids is 2. The van der Waals surface area contributed by atoms with Gasteiger partial charge in [0.05, 0.1) is 11.3 Å². The predicted molar refractivity (Wildman–Crippen MR) is 113 cm³/mol. The first-order valence-corrected chi connectivity index (χ1v) is 11.3. The SMILES string of the molecule is Cc1sc2ncnc(N3CCC(C(=O)OCC(=O)NC4CCCC4)CC3)c2c1C. The Morgan fingerprint density at radius 1 is 1.17 bits per heavy atom. The van der Waals surface area contributed by atoms with Crippen LogP contribution in [0.25, 0.3) is 10.2 Å². The van der Waals surface area contributed by atoms with Gasteiger partial charge in [-0.25, -0.2) is 9.97 Å². The van der Waals surface area contributed by atoms with Crippen LogP contribution >= 0.6 is 11.3 Å². The molecule has 1 saturated heterocycles. The lowest BCUT2D eigenvalue weighted by Crippen LogP contribution is -2.39. The number of ether oxygens (including phenoxy) is 1. The molecule has 0 bridgehead atoms. The van der Waals surface area contributed by atoms with Crippen LogP contribution in [-0.2, 0) is 14.3 Å². The topological polar surface area (TPSA) is 84.4 Å². The first kappa shape index (κ1) is 20.1. The molecule has 8 heteroatoms. The highest BCUT2D eigenvalue weighted by Gasteiger charge is 2.29. The molecule has 0 radical (unpaired) electrons. The average Bonchev–Trinajstić information content (AvgIpc) is 3.34. The minimum atomic E-state index is -0.262. The lowest BCUT2D eigenvalue weighted by atomic mass is 9.97. The highest BCUT2D eigenvalue weighted by atomic mass is 32.1. The summed E-state index contributed by atoms with van der Waals surface area (Å²) >= 11 is 1.69. The Balaban J connectivity index is 1.30. The van der Waals surface area contributed by atoms with E-state index in [0.717, 1.165) is 54.8 Å². The molecular weight excluding hydrogens is 388 g/mol. The van der Waals surface area contributed by atoms with Crippen LogP contribution in [0.4, 0.5) is 5.82 Å². The maximum absolute atomic E-state index is 12.4. The van der Waals surface area contributed by atoms with Crippen molar-refractivity contribution in [3.63, 3.8) is 0 Å². The van der Waals surface area contributed by atoms with E-state index in [1.54, 1.807) is 17.7 Å². The third-order valence-corrected chi connectivity index (χ3v) is 7.25. The van der Waals surface area contributed by atoms with Crippen molar-refractivity contribution >= 4 is 39.2 Å². The number of carbonyl (C=O) groups is 2. The Labute approximate surface area is 174 Å². The number of nitrogens with zero attached hydrogens (tertiary/aromatic N) is 3. The van der Waals surface area contributed by atoms with Crippen LogP contribution in [0.5, 0.6) is 0 Å². The van der Waals surface area contributed by atoms with Gasteiger partial charge in [-0.05, 0) is 45.1 Å². The zero-order chi connectivity index (χ0) is 20.4. The van der Waals surface area contributed by atoms with Gasteiger partial charge in [0.15, 0.2) is 6.61 Å². The Kier molecular flexibility index (Phi) is 5.99. The highest BCUT2D eigenvalue weighted by Crippen LogP contribution is 2.35. The fourth-order valence-electron chi connectivity index (χ4n) is 4.32. The molecule has 1 amide bonds. The number of fused-ring (bicyclic) bond motifs is 1. The maximum Gasteiger partial charge on any atom is 0.309 e. The summed E-state index contributed by atoms with van der Waals surface area (Å²) in [7, 11) is 0. The van der Waals surface area contributed by atoms with Gasteiger partial charge < -0.3 is 15.0 Å². The molecule has 156 valence electrons. The standard InChI is InChI=1S/C21H28N4O3S/c1-13-14(2)29-20-18(13)19(22-12-23-20)25-9-7-15(8-10-25)21(27)28-11-17(26)24-16-5-3-4-6-16/h12,15-16H,3-11H2,1-2H3,(H,24,26). The van der Waals surface area contributed by atoms with Gasteiger partial charge in [0, 0.05) is 24.0 Å². The molecule has 7 nitrogen and oxygen atoms in total. The normalized spacial score (nSPS) is 18.3. The Morgan fingerprint density at radius 2 is 1.90 bits per heavy atom. The lowest BCUT2D eigenvalue weighted by Gasteiger charge is -2.32. The van der Waals surface area contributed by atoms with E-state index in [-0.39, 0.29) is 30.4 Å². The van der Waals surface area contributed by atoms with E-state index in [9.17, 15) is 9.59 Å². The van der Waals surface area contributed by atoms with Gasteiger partial charge in [-0.1, -0.05) is 12.8 Å². The summed E-state index contributed by atoms with van der Waals surface area (Å²) in [6, 6.07) is 0.248. The number of anilines is 1. The van der Waals surface area contributed by atoms with Gasteiger partial charge in [-0.15, -0.1) is 11.3 Å². The number of hydrogen-bond acceptors (Lipinski definition) is 7. The first-order valence-electron chi connectivity index (χ1n) is 10.4. The van der Waals surface area contributed by atoms with Crippen LogP contribution < -0.4 is 10.2 Å². The quantitative estimate of drug-likeness (QED) is 0.754. The van der Waals surface area contributed by atoms with Gasteiger partial charge >= 0.3 is 5.97 Å². The number of hydrogen-bond donors (Lipinski definition) is 1. The Hall–Kier alpha value is -2.22. The fourth-order valence-corrected chi connectivity index (χ4v) is 5.32.